The third kappa shape index (κ3) is 3.61. The molecule has 0 saturated heterocycles. The molecule has 5 rings (SSSR count). The van der Waals surface area contributed by atoms with E-state index in [2.05, 4.69) is 39.0 Å². The van der Waals surface area contributed by atoms with E-state index in [1.807, 2.05) is 12.3 Å². The number of aromatic nitrogens is 1. The van der Waals surface area contributed by atoms with Gasteiger partial charge in [-0.2, -0.15) is 0 Å². The van der Waals surface area contributed by atoms with Gasteiger partial charge in [0.2, 0.25) is 0 Å². The number of aliphatic hydroxyl groups excluding tert-OH is 1. The average molecular weight is 412 g/mol. The van der Waals surface area contributed by atoms with E-state index < -0.39 is 6.10 Å². The number of nitrogens with zero attached hydrogens (tertiary/aromatic N) is 3. The van der Waals surface area contributed by atoms with Gasteiger partial charge in [-0.05, 0) is 47.6 Å². The third-order valence-corrected chi connectivity index (χ3v) is 7.00. The maximum atomic E-state index is 12.0. The molecule has 1 unspecified atom stereocenters. The van der Waals surface area contributed by atoms with Gasteiger partial charge >= 0.3 is 0 Å². The van der Waals surface area contributed by atoms with E-state index in [0.29, 0.717) is 18.2 Å². The molecule has 1 aromatic heterocycles. The molecule has 1 aromatic carbocycles. The molecule has 29 heavy (non-hydrogen) atoms. The second-order valence-corrected chi connectivity index (χ2v) is 9.18. The van der Waals surface area contributed by atoms with Crippen molar-refractivity contribution in [1.29, 1.82) is 0 Å². The van der Waals surface area contributed by atoms with Crippen LogP contribution in [0.4, 0.5) is 0 Å². The predicted octanol–water partition coefficient (Wildman–Crippen LogP) is 2.74. The van der Waals surface area contributed by atoms with Crippen LogP contribution in [0.3, 0.4) is 0 Å². The normalized spacial score (nSPS) is 24.0. The highest BCUT2D eigenvalue weighted by molar-refractivity contribution is 6.29. The van der Waals surface area contributed by atoms with Gasteiger partial charge in [0.05, 0.1) is 12.1 Å². The third-order valence-electron chi connectivity index (χ3n) is 6.80. The zero-order valence-electron chi connectivity index (χ0n) is 16.4. The van der Waals surface area contributed by atoms with Crippen LogP contribution in [0.25, 0.3) is 0 Å². The standard InChI is InChI=1S/C23H26ClN3O2/c24-22-9-19-20(10-25-22)23(6-7-23)15-27(21(19)14-28)13-18(29)12-26-8-5-16-3-1-2-4-17(16)11-26/h1-4,9-10,14,18,21,29H,5-8,11-13,15H2/t18?,21-/m0/s1. The van der Waals surface area contributed by atoms with Crippen LogP contribution in [-0.2, 0) is 23.2 Å². The first-order valence-electron chi connectivity index (χ1n) is 10.4. The van der Waals surface area contributed by atoms with Crippen molar-refractivity contribution in [2.24, 2.45) is 0 Å². The maximum Gasteiger partial charge on any atom is 0.141 e. The summed E-state index contributed by atoms with van der Waals surface area (Å²) in [5, 5.41) is 11.3. The molecule has 5 nitrogen and oxygen atoms in total. The SMILES string of the molecule is O=C[C@H]1c2cc(Cl)ncc2C2(CC2)CN1CC(O)CN1CCc2ccccc2C1. The van der Waals surface area contributed by atoms with Crippen molar-refractivity contribution in [3.05, 3.63) is 63.9 Å². The van der Waals surface area contributed by atoms with E-state index in [1.165, 1.54) is 11.1 Å². The minimum Gasteiger partial charge on any atom is -0.390 e. The molecule has 3 heterocycles. The first-order chi connectivity index (χ1) is 14.1. The molecule has 3 aliphatic rings. The largest absolute Gasteiger partial charge is 0.390 e. The lowest BCUT2D eigenvalue weighted by atomic mass is 9.84. The Hall–Kier alpha value is -1.79. The van der Waals surface area contributed by atoms with Gasteiger partial charge in [-0.15, -0.1) is 0 Å². The molecule has 1 aliphatic carbocycles. The smallest absolute Gasteiger partial charge is 0.141 e. The Morgan fingerprint density at radius 2 is 2.07 bits per heavy atom. The first kappa shape index (κ1) is 19.2. The van der Waals surface area contributed by atoms with Gasteiger partial charge in [-0.3, -0.25) is 9.80 Å². The van der Waals surface area contributed by atoms with Gasteiger partial charge in [0.1, 0.15) is 11.4 Å². The topological polar surface area (TPSA) is 56.7 Å². The van der Waals surface area contributed by atoms with Gasteiger partial charge in [-0.25, -0.2) is 4.98 Å². The minimum atomic E-state index is -0.502. The molecule has 1 spiro atoms. The Morgan fingerprint density at radius 1 is 1.28 bits per heavy atom. The van der Waals surface area contributed by atoms with Crippen molar-refractivity contribution in [3.63, 3.8) is 0 Å². The monoisotopic (exact) mass is 411 g/mol. The van der Waals surface area contributed by atoms with Crippen LogP contribution < -0.4 is 0 Å². The summed E-state index contributed by atoms with van der Waals surface area (Å²) in [7, 11) is 0. The maximum absolute atomic E-state index is 12.0. The van der Waals surface area contributed by atoms with Gasteiger partial charge in [0, 0.05) is 44.3 Å². The number of carbonyl (C=O) groups excluding carboxylic acids is 1. The number of carbonyl (C=O) groups is 1. The van der Waals surface area contributed by atoms with Gasteiger partial charge in [0.25, 0.3) is 0 Å². The molecule has 1 fully saturated rings. The minimum absolute atomic E-state index is 0.0796. The van der Waals surface area contributed by atoms with Crippen LogP contribution in [0.15, 0.2) is 36.5 Å². The van der Waals surface area contributed by atoms with Crippen LogP contribution >= 0.6 is 11.6 Å². The Labute approximate surface area is 176 Å². The number of fused-ring (bicyclic) bond motifs is 3. The molecule has 0 bridgehead atoms. The molecule has 2 aliphatic heterocycles. The quantitative estimate of drug-likeness (QED) is 0.605. The van der Waals surface area contributed by atoms with Gasteiger partial charge in [-0.1, -0.05) is 35.9 Å². The molecule has 1 N–H and O–H groups in total. The fraction of sp³-hybridized carbons (Fsp3) is 0.478. The Kier molecular flexibility index (Phi) is 4.95. The van der Waals surface area contributed by atoms with E-state index in [0.717, 1.165) is 56.3 Å². The second kappa shape index (κ2) is 7.47. The number of rotatable bonds is 5. The van der Waals surface area contributed by atoms with Crippen LogP contribution in [0.1, 0.15) is 41.1 Å². The van der Waals surface area contributed by atoms with Crippen LogP contribution in [0.5, 0.6) is 0 Å². The summed E-state index contributed by atoms with van der Waals surface area (Å²) < 4.78 is 0. The zero-order chi connectivity index (χ0) is 20.0. The van der Waals surface area contributed by atoms with E-state index >= 15 is 0 Å². The number of aldehydes is 1. The van der Waals surface area contributed by atoms with Gasteiger partial charge in [0.15, 0.2) is 0 Å². The zero-order valence-corrected chi connectivity index (χ0v) is 17.2. The lowest BCUT2D eigenvalue weighted by molar-refractivity contribution is -0.113. The highest BCUT2D eigenvalue weighted by Crippen LogP contribution is 2.54. The van der Waals surface area contributed by atoms with Crippen molar-refractivity contribution in [1.82, 2.24) is 14.8 Å². The molecule has 1 saturated carbocycles. The molecule has 152 valence electrons. The molecular formula is C23H26ClN3O2. The summed E-state index contributed by atoms with van der Waals surface area (Å²) in [4.78, 5) is 20.7. The number of aliphatic hydroxyl groups is 1. The fourth-order valence-electron chi connectivity index (χ4n) is 5.15. The fourth-order valence-corrected chi connectivity index (χ4v) is 5.32. The Balaban J connectivity index is 1.29. The number of benzene rings is 1. The predicted molar refractivity (Wildman–Crippen MR) is 112 cm³/mol. The summed E-state index contributed by atoms with van der Waals surface area (Å²) in [6.45, 7) is 3.74. The molecule has 2 aromatic rings. The van der Waals surface area contributed by atoms with Crippen LogP contribution in [0.2, 0.25) is 5.15 Å². The van der Waals surface area contributed by atoms with Crippen molar-refractivity contribution < 1.29 is 9.90 Å². The first-order valence-corrected chi connectivity index (χ1v) is 10.8. The number of β-amino-alcohol motifs (C(OH)–C–C–N with tert-alkyl or cyclic N) is 1. The molecule has 2 atom stereocenters. The highest BCUT2D eigenvalue weighted by atomic mass is 35.5. The summed E-state index contributed by atoms with van der Waals surface area (Å²) in [5.41, 5.74) is 4.96. The van der Waals surface area contributed by atoms with Crippen LogP contribution in [0, 0.1) is 0 Å². The Morgan fingerprint density at radius 3 is 2.83 bits per heavy atom. The van der Waals surface area contributed by atoms with Crippen molar-refractivity contribution in [2.45, 2.75) is 43.4 Å². The van der Waals surface area contributed by atoms with Gasteiger partial charge < -0.3 is 9.90 Å². The van der Waals surface area contributed by atoms with E-state index in [1.54, 1.807) is 0 Å². The molecular weight excluding hydrogens is 386 g/mol. The van der Waals surface area contributed by atoms with E-state index in [9.17, 15) is 9.90 Å². The number of hydrogen-bond acceptors (Lipinski definition) is 5. The summed E-state index contributed by atoms with van der Waals surface area (Å²) in [5.74, 6) is 0. The second-order valence-electron chi connectivity index (χ2n) is 8.79. The lowest BCUT2D eigenvalue weighted by Crippen LogP contribution is -2.48. The Bertz CT molecular complexity index is 930. The number of pyridine rings is 1. The number of hydrogen-bond donors (Lipinski definition) is 1. The average Bonchev–Trinajstić information content (AvgIpc) is 3.48. The van der Waals surface area contributed by atoms with Crippen molar-refractivity contribution in [2.75, 3.05) is 26.2 Å². The number of halogens is 1. The summed E-state index contributed by atoms with van der Waals surface area (Å²) in [6, 6.07) is 9.99. The van der Waals surface area contributed by atoms with E-state index in [-0.39, 0.29) is 11.5 Å². The lowest BCUT2D eigenvalue weighted by Gasteiger charge is -2.40. The van der Waals surface area contributed by atoms with Crippen molar-refractivity contribution in [3.8, 4) is 0 Å². The molecule has 6 heteroatoms. The molecule has 0 amide bonds. The van der Waals surface area contributed by atoms with Crippen LogP contribution in [-0.4, -0.2) is 58.5 Å². The highest BCUT2D eigenvalue weighted by Gasteiger charge is 2.52. The summed E-state index contributed by atoms with van der Waals surface area (Å²) >= 11 is 6.13. The summed E-state index contributed by atoms with van der Waals surface area (Å²) in [6.07, 6.45) is 5.55. The van der Waals surface area contributed by atoms with Crippen molar-refractivity contribution >= 4 is 17.9 Å². The van der Waals surface area contributed by atoms with E-state index in [4.69, 9.17) is 11.6 Å². The molecule has 0 radical (unpaired) electrons.